The van der Waals surface area contributed by atoms with Gasteiger partial charge in [0.05, 0.1) is 0 Å². The molecule has 0 spiro atoms. The van der Waals surface area contributed by atoms with Gasteiger partial charge in [0.15, 0.2) is 0 Å². The maximum Gasteiger partial charge on any atom is 0.150 e. The highest BCUT2D eigenvalue weighted by molar-refractivity contribution is 7.98. The number of anilines is 1. The lowest BCUT2D eigenvalue weighted by Gasteiger charge is -2.27. The van der Waals surface area contributed by atoms with Crippen molar-refractivity contribution in [2.24, 2.45) is 0 Å². The molecule has 1 aromatic carbocycles. The van der Waals surface area contributed by atoms with Crippen LogP contribution < -0.4 is 4.90 Å². The van der Waals surface area contributed by atoms with Gasteiger partial charge in [-0.2, -0.15) is 11.8 Å². The second-order valence-electron chi connectivity index (χ2n) is 4.10. The lowest BCUT2D eigenvalue weighted by atomic mass is 10.1. The standard InChI is InChI=1S/C13H18FNOS/c1-10(4-5-17-3)15(2)13-7-11(9-16)6-12(14)8-13/h6-10H,4-5H2,1-3H3. The van der Waals surface area contributed by atoms with Crippen LogP contribution in [0.5, 0.6) is 0 Å². The highest BCUT2D eigenvalue weighted by Gasteiger charge is 2.11. The van der Waals surface area contributed by atoms with Crippen LogP contribution in [0.15, 0.2) is 18.2 Å². The summed E-state index contributed by atoms with van der Waals surface area (Å²) in [7, 11) is 1.92. The molecule has 0 heterocycles. The summed E-state index contributed by atoms with van der Waals surface area (Å²) in [6, 6.07) is 4.74. The molecule has 1 atom stereocenters. The Morgan fingerprint density at radius 1 is 1.47 bits per heavy atom. The van der Waals surface area contributed by atoms with Crippen LogP contribution in [0.1, 0.15) is 23.7 Å². The molecule has 0 amide bonds. The summed E-state index contributed by atoms with van der Waals surface area (Å²) in [4.78, 5) is 12.7. The molecule has 0 saturated carbocycles. The number of benzene rings is 1. The predicted octanol–water partition coefficient (Wildman–Crippen LogP) is 3.22. The molecule has 94 valence electrons. The number of thioether (sulfide) groups is 1. The second kappa shape index (κ2) is 6.64. The summed E-state index contributed by atoms with van der Waals surface area (Å²) in [6.07, 6.45) is 3.77. The maximum atomic E-state index is 13.3. The zero-order chi connectivity index (χ0) is 12.8. The molecule has 0 N–H and O–H groups in total. The van der Waals surface area contributed by atoms with Crippen molar-refractivity contribution in [1.82, 2.24) is 0 Å². The molecular formula is C13H18FNOS. The maximum absolute atomic E-state index is 13.3. The number of hydrogen-bond acceptors (Lipinski definition) is 3. The monoisotopic (exact) mass is 255 g/mol. The van der Waals surface area contributed by atoms with Gasteiger partial charge < -0.3 is 4.90 Å². The van der Waals surface area contributed by atoms with Crippen molar-refractivity contribution in [2.75, 3.05) is 24.0 Å². The first-order valence-electron chi connectivity index (χ1n) is 5.56. The average molecular weight is 255 g/mol. The Balaban J connectivity index is 2.83. The molecule has 0 aromatic heterocycles. The molecule has 0 fully saturated rings. The van der Waals surface area contributed by atoms with Crippen molar-refractivity contribution >= 4 is 23.7 Å². The Labute approximate surface area is 106 Å². The molecule has 17 heavy (non-hydrogen) atoms. The fourth-order valence-corrected chi connectivity index (χ4v) is 2.18. The van der Waals surface area contributed by atoms with Gasteiger partial charge >= 0.3 is 0 Å². The highest BCUT2D eigenvalue weighted by atomic mass is 32.2. The van der Waals surface area contributed by atoms with Gasteiger partial charge in [-0.15, -0.1) is 0 Å². The highest BCUT2D eigenvalue weighted by Crippen LogP contribution is 2.20. The van der Waals surface area contributed by atoms with E-state index in [1.807, 2.05) is 11.9 Å². The Hall–Kier alpha value is -1.03. The Morgan fingerprint density at radius 3 is 2.76 bits per heavy atom. The van der Waals surface area contributed by atoms with Gasteiger partial charge in [-0.05, 0) is 43.6 Å². The zero-order valence-corrected chi connectivity index (χ0v) is 11.3. The number of nitrogens with zero attached hydrogens (tertiary/aromatic N) is 1. The molecule has 2 nitrogen and oxygen atoms in total. The molecule has 1 rings (SSSR count). The summed E-state index contributed by atoms with van der Waals surface area (Å²) < 4.78 is 13.3. The molecular weight excluding hydrogens is 237 g/mol. The average Bonchev–Trinajstić information content (AvgIpc) is 2.34. The third-order valence-electron chi connectivity index (χ3n) is 2.85. The SMILES string of the molecule is CSCCC(C)N(C)c1cc(F)cc(C=O)c1. The number of halogens is 1. The largest absolute Gasteiger partial charge is 0.372 e. The molecule has 1 unspecified atom stereocenters. The number of carbonyl (C=O) groups is 1. The summed E-state index contributed by atoms with van der Waals surface area (Å²) in [6.45, 7) is 2.10. The van der Waals surface area contributed by atoms with Gasteiger partial charge in [-0.3, -0.25) is 4.79 Å². The molecule has 0 aliphatic rings. The minimum absolute atomic E-state index is 0.323. The summed E-state index contributed by atoms with van der Waals surface area (Å²) in [5, 5.41) is 0. The number of rotatable bonds is 6. The lowest BCUT2D eigenvalue weighted by Crippen LogP contribution is -2.29. The van der Waals surface area contributed by atoms with E-state index in [9.17, 15) is 9.18 Å². The van der Waals surface area contributed by atoms with E-state index in [0.29, 0.717) is 17.9 Å². The normalized spacial score (nSPS) is 12.2. The minimum atomic E-state index is -0.367. The van der Waals surface area contributed by atoms with Crippen LogP contribution in [-0.2, 0) is 0 Å². The molecule has 0 bridgehead atoms. The summed E-state index contributed by atoms with van der Waals surface area (Å²) in [5.74, 6) is 0.704. The van der Waals surface area contributed by atoms with Crippen LogP contribution in [0.3, 0.4) is 0 Å². The van der Waals surface area contributed by atoms with E-state index in [2.05, 4.69) is 13.2 Å². The van der Waals surface area contributed by atoms with Gasteiger partial charge in [0.1, 0.15) is 12.1 Å². The summed E-state index contributed by atoms with van der Waals surface area (Å²) in [5.41, 5.74) is 1.13. The summed E-state index contributed by atoms with van der Waals surface area (Å²) >= 11 is 1.80. The van der Waals surface area contributed by atoms with Crippen molar-refractivity contribution in [3.8, 4) is 0 Å². The molecule has 4 heteroatoms. The zero-order valence-electron chi connectivity index (χ0n) is 10.4. The van der Waals surface area contributed by atoms with Crippen molar-refractivity contribution in [3.63, 3.8) is 0 Å². The quantitative estimate of drug-likeness (QED) is 0.728. The van der Waals surface area contributed by atoms with E-state index in [-0.39, 0.29) is 5.82 Å². The van der Waals surface area contributed by atoms with Gasteiger partial charge in [0.25, 0.3) is 0 Å². The van der Waals surface area contributed by atoms with E-state index in [1.165, 1.54) is 12.1 Å². The smallest absolute Gasteiger partial charge is 0.150 e. The van der Waals surface area contributed by atoms with Crippen molar-refractivity contribution in [2.45, 2.75) is 19.4 Å². The van der Waals surface area contributed by atoms with Gasteiger partial charge in [0.2, 0.25) is 0 Å². The fourth-order valence-electron chi connectivity index (χ4n) is 1.60. The third-order valence-corrected chi connectivity index (χ3v) is 3.49. The Morgan fingerprint density at radius 2 is 2.18 bits per heavy atom. The van der Waals surface area contributed by atoms with Crippen molar-refractivity contribution < 1.29 is 9.18 Å². The van der Waals surface area contributed by atoms with Crippen LogP contribution in [0.25, 0.3) is 0 Å². The minimum Gasteiger partial charge on any atom is -0.372 e. The van der Waals surface area contributed by atoms with Crippen LogP contribution in [-0.4, -0.2) is 31.4 Å². The van der Waals surface area contributed by atoms with Crippen LogP contribution in [0, 0.1) is 5.82 Å². The fraction of sp³-hybridized carbons (Fsp3) is 0.462. The second-order valence-corrected chi connectivity index (χ2v) is 5.09. The lowest BCUT2D eigenvalue weighted by molar-refractivity contribution is 0.112. The van der Waals surface area contributed by atoms with Crippen LogP contribution in [0.4, 0.5) is 10.1 Å². The number of hydrogen-bond donors (Lipinski definition) is 0. The van der Waals surface area contributed by atoms with Crippen molar-refractivity contribution in [3.05, 3.63) is 29.6 Å². The molecule has 0 radical (unpaired) electrons. The van der Waals surface area contributed by atoms with Gasteiger partial charge in [-0.25, -0.2) is 4.39 Å². The van der Waals surface area contributed by atoms with E-state index in [1.54, 1.807) is 17.8 Å². The van der Waals surface area contributed by atoms with E-state index >= 15 is 0 Å². The number of aldehydes is 1. The first kappa shape index (κ1) is 14.0. The van der Waals surface area contributed by atoms with E-state index in [4.69, 9.17) is 0 Å². The van der Waals surface area contributed by atoms with Gasteiger partial charge in [0, 0.05) is 24.3 Å². The van der Waals surface area contributed by atoms with Crippen LogP contribution >= 0.6 is 11.8 Å². The first-order valence-corrected chi connectivity index (χ1v) is 6.95. The molecule has 0 aliphatic carbocycles. The van der Waals surface area contributed by atoms with Crippen molar-refractivity contribution in [1.29, 1.82) is 0 Å². The van der Waals surface area contributed by atoms with Gasteiger partial charge in [-0.1, -0.05) is 0 Å². The number of carbonyl (C=O) groups excluding carboxylic acids is 1. The van der Waals surface area contributed by atoms with Crippen LogP contribution in [0.2, 0.25) is 0 Å². The third kappa shape index (κ3) is 4.04. The Kier molecular flexibility index (Phi) is 5.48. The molecule has 0 saturated heterocycles. The first-order chi connectivity index (χ1) is 8.08. The Bertz CT molecular complexity index is 384. The molecule has 0 aliphatic heterocycles. The van der Waals surface area contributed by atoms with E-state index in [0.717, 1.165) is 17.9 Å². The molecule has 1 aromatic rings. The predicted molar refractivity (Wildman–Crippen MR) is 72.7 cm³/mol. The topological polar surface area (TPSA) is 20.3 Å². The van der Waals surface area contributed by atoms with E-state index < -0.39 is 0 Å².